The third kappa shape index (κ3) is 3.94. The van der Waals surface area contributed by atoms with E-state index in [1.54, 1.807) is 0 Å². The van der Waals surface area contributed by atoms with Gasteiger partial charge >= 0.3 is 0 Å². The number of benzene rings is 2. The lowest BCUT2D eigenvalue weighted by molar-refractivity contribution is 0.775. The molecule has 1 heteroatoms. The van der Waals surface area contributed by atoms with E-state index in [4.69, 9.17) is 0 Å². The summed E-state index contributed by atoms with van der Waals surface area (Å²) in [5.74, 6) is 0.549. The second kappa shape index (κ2) is 6.91. The number of aryl methyl sites for hydroxylation is 2. The molecule has 2 aromatic rings. The highest BCUT2D eigenvalue weighted by molar-refractivity contribution is 9.09. The first-order valence-corrected chi connectivity index (χ1v) is 8.05. The van der Waals surface area contributed by atoms with E-state index in [1.807, 2.05) is 0 Å². The summed E-state index contributed by atoms with van der Waals surface area (Å²) in [5.41, 5.74) is 5.57. The lowest BCUT2D eigenvalue weighted by atomic mass is 9.92. The van der Waals surface area contributed by atoms with Gasteiger partial charge in [0.05, 0.1) is 0 Å². The summed E-state index contributed by atoms with van der Waals surface area (Å²) in [6.07, 6.45) is 2.21. The molecule has 0 aromatic heterocycles. The summed E-state index contributed by atoms with van der Waals surface area (Å²) in [6.45, 7) is 4.33. The predicted molar refractivity (Wildman–Crippen MR) is 87.2 cm³/mol. The minimum absolute atomic E-state index is 0.549. The predicted octanol–water partition coefficient (Wildman–Crippen LogP) is 5.28. The maximum Gasteiger partial charge on any atom is 0.0103 e. The van der Waals surface area contributed by atoms with Crippen molar-refractivity contribution >= 4 is 15.9 Å². The van der Waals surface area contributed by atoms with Crippen LogP contribution in [-0.2, 0) is 12.8 Å². The minimum atomic E-state index is 0.549. The molecule has 2 aromatic carbocycles. The maximum absolute atomic E-state index is 3.66. The van der Waals surface area contributed by atoms with Gasteiger partial charge in [-0.3, -0.25) is 0 Å². The molecule has 100 valence electrons. The van der Waals surface area contributed by atoms with Crippen LogP contribution in [0.15, 0.2) is 48.5 Å². The van der Waals surface area contributed by atoms with Gasteiger partial charge in [-0.2, -0.15) is 0 Å². The van der Waals surface area contributed by atoms with Crippen molar-refractivity contribution in [3.63, 3.8) is 0 Å². The summed E-state index contributed by atoms with van der Waals surface area (Å²) in [5, 5.41) is 1.01. The van der Waals surface area contributed by atoms with Gasteiger partial charge in [0.2, 0.25) is 0 Å². The maximum atomic E-state index is 3.66. The molecule has 0 spiro atoms. The van der Waals surface area contributed by atoms with Gasteiger partial charge in [-0.25, -0.2) is 0 Å². The minimum Gasteiger partial charge on any atom is -0.0921 e. The first kappa shape index (κ1) is 14.3. The lowest BCUT2D eigenvalue weighted by Crippen LogP contribution is -2.04. The third-order valence-corrected chi connectivity index (χ3v) is 4.43. The molecule has 1 unspecified atom stereocenters. The standard InChI is InChI=1S/C18H21Br/c1-3-15-6-8-16(9-7-15)12-18(13-19)17-10-4-14(2)5-11-17/h4-11,18H,3,12-13H2,1-2H3. The van der Waals surface area contributed by atoms with E-state index in [0.29, 0.717) is 5.92 Å². The second-order valence-electron chi connectivity index (χ2n) is 5.14. The molecule has 1 atom stereocenters. The smallest absolute Gasteiger partial charge is 0.0103 e. The van der Waals surface area contributed by atoms with Crippen molar-refractivity contribution in [3.05, 3.63) is 70.8 Å². The Balaban J connectivity index is 2.11. The highest BCUT2D eigenvalue weighted by Crippen LogP contribution is 2.23. The normalized spacial score (nSPS) is 12.4. The monoisotopic (exact) mass is 316 g/mol. The zero-order chi connectivity index (χ0) is 13.7. The van der Waals surface area contributed by atoms with Gasteiger partial charge in [-0.15, -0.1) is 0 Å². The van der Waals surface area contributed by atoms with Gasteiger partial charge in [0.25, 0.3) is 0 Å². The van der Waals surface area contributed by atoms with Gasteiger partial charge in [0, 0.05) is 5.33 Å². The first-order valence-electron chi connectivity index (χ1n) is 6.93. The second-order valence-corrected chi connectivity index (χ2v) is 5.78. The molecule has 0 amide bonds. The topological polar surface area (TPSA) is 0 Å². The van der Waals surface area contributed by atoms with Crippen LogP contribution in [0.2, 0.25) is 0 Å². The van der Waals surface area contributed by atoms with Crippen LogP contribution in [-0.4, -0.2) is 5.33 Å². The molecular weight excluding hydrogens is 296 g/mol. The Kier molecular flexibility index (Phi) is 5.21. The van der Waals surface area contributed by atoms with Crippen molar-refractivity contribution in [1.82, 2.24) is 0 Å². The van der Waals surface area contributed by atoms with Crippen molar-refractivity contribution in [1.29, 1.82) is 0 Å². The van der Waals surface area contributed by atoms with E-state index in [-0.39, 0.29) is 0 Å². The fourth-order valence-electron chi connectivity index (χ4n) is 2.30. The van der Waals surface area contributed by atoms with Gasteiger partial charge < -0.3 is 0 Å². The molecule has 0 aliphatic rings. The van der Waals surface area contributed by atoms with Crippen molar-refractivity contribution in [2.75, 3.05) is 5.33 Å². The average Bonchev–Trinajstić information content (AvgIpc) is 2.46. The molecule has 0 aliphatic heterocycles. The Bertz CT molecular complexity index is 496. The third-order valence-electron chi connectivity index (χ3n) is 3.65. The SMILES string of the molecule is CCc1ccc(CC(CBr)c2ccc(C)cc2)cc1. The summed E-state index contributed by atoms with van der Waals surface area (Å²) in [4.78, 5) is 0. The number of alkyl halides is 1. The van der Waals surface area contributed by atoms with Crippen LogP contribution in [0.25, 0.3) is 0 Å². The van der Waals surface area contributed by atoms with Crippen molar-refractivity contribution in [2.45, 2.75) is 32.6 Å². The zero-order valence-corrected chi connectivity index (χ0v) is 13.3. The van der Waals surface area contributed by atoms with Crippen LogP contribution < -0.4 is 0 Å². The molecule has 0 aliphatic carbocycles. The first-order chi connectivity index (χ1) is 9.22. The molecule has 0 saturated heterocycles. The van der Waals surface area contributed by atoms with Crippen LogP contribution in [0, 0.1) is 6.92 Å². The molecule has 0 N–H and O–H groups in total. The molecule has 0 nitrogen and oxygen atoms in total. The van der Waals surface area contributed by atoms with Gasteiger partial charge in [0.1, 0.15) is 0 Å². The van der Waals surface area contributed by atoms with Crippen LogP contribution in [0.5, 0.6) is 0 Å². The Hall–Kier alpha value is -1.08. The lowest BCUT2D eigenvalue weighted by Gasteiger charge is -2.15. The van der Waals surface area contributed by atoms with Gasteiger partial charge in [-0.1, -0.05) is 76.9 Å². The summed E-state index contributed by atoms with van der Waals surface area (Å²) < 4.78 is 0. The van der Waals surface area contributed by atoms with E-state index < -0.39 is 0 Å². The molecule has 19 heavy (non-hydrogen) atoms. The van der Waals surface area contributed by atoms with Crippen LogP contribution in [0.3, 0.4) is 0 Å². The summed E-state index contributed by atoms with van der Waals surface area (Å²) in [6, 6.07) is 17.9. The average molecular weight is 317 g/mol. The zero-order valence-electron chi connectivity index (χ0n) is 11.7. The van der Waals surface area contributed by atoms with E-state index in [0.717, 1.165) is 18.2 Å². The largest absolute Gasteiger partial charge is 0.0921 e. The van der Waals surface area contributed by atoms with Crippen LogP contribution in [0.4, 0.5) is 0 Å². The molecule has 0 radical (unpaired) electrons. The summed E-state index contributed by atoms with van der Waals surface area (Å²) in [7, 11) is 0. The van der Waals surface area contributed by atoms with Gasteiger partial charge in [0.15, 0.2) is 0 Å². The number of halogens is 1. The number of rotatable bonds is 5. The number of hydrogen-bond acceptors (Lipinski definition) is 0. The van der Waals surface area contributed by atoms with Crippen molar-refractivity contribution in [3.8, 4) is 0 Å². The fraction of sp³-hybridized carbons (Fsp3) is 0.333. The van der Waals surface area contributed by atoms with Crippen molar-refractivity contribution in [2.24, 2.45) is 0 Å². The molecule has 0 heterocycles. The molecular formula is C18H21Br. The number of hydrogen-bond donors (Lipinski definition) is 0. The Morgan fingerprint density at radius 3 is 2.00 bits per heavy atom. The Morgan fingerprint density at radius 2 is 1.47 bits per heavy atom. The molecule has 0 saturated carbocycles. The van der Waals surface area contributed by atoms with Crippen LogP contribution >= 0.6 is 15.9 Å². The highest BCUT2D eigenvalue weighted by Gasteiger charge is 2.10. The van der Waals surface area contributed by atoms with Gasteiger partial charge in [-0.05, 0) is 42.4 Å². The van der Waals surface area contributed by atoms with Crippen LogP contribution in [0.1, 0.15) is 35.1 Å². The Morgan fingerprint density at radius 1 is 0.895 bits per heavy atom. The van der Waals surface area contributed by atoms with E-state index in [1.165, 1.54) is 22.3 Å². The summed E-state index contributed by atoms with van der Waals surface area (Å²) >= 11 is 3.66. The quantitative estimate of drug-likeness (QED) is 0.658. The molecule has 0 bridgehead atoms. The van der Waals surface area contributed by atoms with E-state index in [9.17, 15) is 0 Å². The van der Waals surface area contributed by atoms with Crippen molar-refractivity contribution < 1.29 is 0 Å². The molecule has 2 rings (SSSR count). The fourth-order valence-corrected chi connectivity index (χ4v) is 2.90. The molecule has 0 fully saturated rings. The van der Waals surface area contributed by atoms with E-state index in [2.05, 4.69) is 78.3 Å². The Labute approximate surface area is 125 Å². The van der Waals surface area contributed by atoms with E-state index >= 15 is 0 Å². The highest BCUT2D eigenvalue weighted by atomic mass is 79.9.